The first kappa shape index (κ1) is 38.3. The first-order chi connectivity index (χ1) is 22.9. The van der Waals surface area contributed by atoms with Crippen LogP contribution in [-0.4, -0.2) is 79.1 Å². The van der Waals surface area contributed by atoms with Gasteiger partial charge in [-0.25, -0.2) is 13.2 Å². The van der Waals surface area contributed by atoms with Crippen LogP contribution in [0, 0.1) is 24.2 Å². The Balaban J connectivity index is 1.54. The SMILES string of the molecule is Cc1ccc(S(=O)(=O)CNC(=O)C(=O)[C@@H]2CCCCCCCCCC[C@H](NC(=O)OC(C)(C)C)C(=O)N3CC4C(C3C(=O)N2)C4(C)C)cc1. The average Bonchev–Trinajstić information content (AvgIpc) is 3.32. The van der Waals surface area contributed by atoms with Gasteiger partial charge in [-0.2, -0.15) is 0 Å². The van der Waals surface area contributed by atoms with Gasteiger partial charge in [0.15, 0.2) is 9.84 Å². The van der Waals surface area contributed by atoms with Crippen LogP contribution in [0.25, 0.3) is 0 Å². The van der Waals surface area contributed by atoms with E-state index in [4.69, 9.17) is 4.74 Å². The van der Waals surface area contributed by atoms with Gasteiger partial charge in [0.2, 0.25) is 17.6 Å². The summed E-state index contributed by atoms with van der Waals surface area (Å²) in [4.78, 5) is 69.2. The van der Waals surface area contributed by atoms with Gasteiger partial charge in [0, 0.05) is 6.54 Å². The van der Waals surface area contributed by atoms with Crippen molar-refractivity contribution >= 4 is 39.4 Å². The molecule has 3 aliphatic rings. The number of hydrogen-bond donors (Lipinski definition) is 3. The predicted molar refractivity (Wildman–Crippen MR) is 184 cm³/mol. The van der Waals surface area contributed by atoms with Crippen molar-refractivity contribution in [2.24, 2.45) is 17.3 Å². The maximum Gasteiger partial charge on any atom is 0.408 e. The lowest BCUT2D eigenvalue weighted by Gasteiger charge is -2.34. The van der Waals surface area contributed by atoms with Gasteiger partial charge in [0.05, 0.1) is 10.9 Å². The molecule has 0 bridgehead atoms. The molecule has 272 valence electrons. The summed E-state index contributed by atoms with van der Waals surface area (Å²) in [7, 11) is -3.91. The third-order valence-corrected chi connectivity index (χ3v) is 11.7. The molecule has 0 spiro atoms. The molecule has 2 aliphatic heterocycles. The fourth-order valence-electron chi connectivity index (χ4n) is 7.24. The lowest BCUT2D eigenvalue weighted by atomic mass is 9.97. The monoisotopic (exact) mass is 702 g/mol. The molecule has 1 saturated carbocycles. The lowest BCUT2D eigenvalue weighted by Crippen LogP contribution is -2.58. The Morgan fingerprint density at radius 2 is 1.51 bits per heavy atom. The van der Waals surface area contributed by atoms with Gasteiger partial charge in [-0.3, -0.25) is 19.2 Å². The fraction of sp³-hybridized carbons (Fsp3) is 0.694. The number of piperidine rings is 1. The summed E-state index contributed by atoms with van der Waals surface area (Å²) >= 11 is 0. The van der Waals surface area contributed by atoms with Gasteiger partial charge in [-0.1, -0.05) is 82.9 Å². The number of alkyl carbamates (subject to hydrolysis) is 1. The zero-order chi connectivity index (χ0) is 36.1. The van der Waals surface area contributed by atoms with Crippen LogP contribution in [0.2, 0.25) is 0 Å². The van der Waals surface area contributed by atoms with E-state index in [1.54, 1.807) is 32.9 Å². The number of amides is 4. The molecular weight excluding hydrogens is 648 g/mol. The predicted octanol–water partition coefficient (Wildman–Crippen LogP) is 4.19. The number of ether oxygens (including phenoxy) is 1. The van der Waals surface area contributed by atoms with E-state index in [-0.39, 0.29) is 34.5 Å². The smallest absolute Gasteiger partial charge is 0.408 e. The minimum Gasteiger partial charge on any atom is -0.444 e. The maximum atomic E-state index is 14.1. The van der Waals surface area contributed by atoms with Crippen LogP contribution in [0.5, 0.6) is 0 Å². The van der Waals surface area contributed by atoms with Crippen LogP contribution >= 0.6 is 0 Å². The van der Waals surface area contributed by atoms with Gasteiger partial charge in [0.25, 0.3) is 5.91 Å². The van der Waals surface area contributed by atoms with Crippen molar-refractivity contribution in [1.82, 2.24) is 20.9 Å². The molecule has 3 fully saturated rings. The fourth-order valence-corrected chi connectivity index (χ4v) is 8.28. The third-order valence-electron chi connectivity index (χ3n) is 10.1. The second kappa shape index (κ2) is 15.6. The standard InChI is InChI=1S/C36H54N4O8S/c1-23-17-19-24(20-18-23)49(46,47)22-37-32(43)30(41)26-15-13-11-9-7-8-10-12-14-16-27(39-34(45)48-35(2,3)4)33(44)40-21-25-28(36(25,5)6)29(40)31(42)38-26/h17-20,25-29H,7-16,21-22H2,1-6H3,(H,37,43)(H,38,42)(H,39,45)/t25?,26-,27-,28?,29?/m0/s1. The second-order valence-corrected chi connectivity index (χ2v) is 17.5. The number of ketones is 1. The molecule has 1 aliphatic carbocycles. The molecule has 1 aromatic rings. The number of nitrogens with one attached hydrogen (secondary N) is 3. The molecule has 5 atom stereocenters. The van der Waals surface area contributed by atoms with Crippen molar-refractivity contribution in [3.63, 3.8) is 0 Å². The maximum absolute atomic E-state index is 14.1. The molecule has 4 amide bonds. The van der Waals surface area contributed by atoms with E-state index in [1.165, 1.54) is 17.0 Å². The summed E-state index contributed by atoms with van der Waals surface area (Å²) in [5.41, 5.74) is -0.0975. The van der Waals surface area contributed by atoms with E-state index in [9.17, 15) is 32.4 Å². The number of aryl methyl sites for hydroxylation is 1. The highest BCUT2D eigenvalue weighted by atomic mass is 32.2. The summed E-state index contributed by atoms with van der Waals surface area (Å²) in [5, 5.41) is 7.81. The largest absolute Gasteiger partial charge is 0.444 e. The summed E-state index contributed by atoms with van der Waals surface area (Å²) in [6, 6.07) is 3.20. The first-order valence-electron chi connectivity index (χ1n) is 17.6. The van der Waals surface area contributed by atoms with E-state index in [0.29, 0.717) is 19.4 Å². The summed E-state index contributed by atoms with van der Waals surface area (Å²) < 4.78 is 31.1. The highest BCUT2D eigenvalue weighted by Gasteiger charge is 2.69. The van der Waals surface area contributed by atoms with Crippen molar-refractivity contribution in [1.29, 1.82) is 0 Å². The zero-order valence-corrected chi connectivity index (χ0v) is 30.6. The number of benzene rings is 1. The molecule has 0 radical (unpaired) electrons. The van der Waals surface area contributed by atoms with Gasteiger partial charge in [-0.05, 0) is 69.9 Å². The number of Topliss-reactive ketones (excluding diaryl/α,β-unsaturated/α-hetero) is 1. The lowest BCUT2D eigenvalue weighted by molar-refractivity contribution is -0.144. The molecule has 49 heavy (non-hydrogen) atoms. The van der Waals surface area contributed by atoms with Crippen LogP contribution in [0.15, 0.2) is 29.2 Å². The van der Waals surface area contributed by atoms with Crippen molar-refractivity contribution in [2.45, 2.75) is 134 Å². The Bertz CT molecular complexity index is 1500. The van der Waals surface area contributed by atoms with E-state index in [2.05, 4.69) is 16.0 Å². The number of carbonyl (C=O) groups excluding carboxylic acids is 5. The van der Waals surface area contributed by atoms with Crippen LogP contribution < -0.4 is 16.0 Å². The van der Waals surface area contributed by atoms with Gasteiger partial charge >= 0.3 is 6.09 Å². The van der Waals surface area contributed by atoms with Gasteiger partial charge < -0.3 is 25.6 Å². The quantitative estimate of drug-likeness (QED) is 0.371. The van der Waals surface area contributed by atoms with Crippen molar-refractivity contribution in [3.05, 3.63) is 29.8 Å². The number of hydrogen-bond acceptors (Lipinski definition) is 8. The van der Waals surface area contributed by atoms with Crippen LogP contribution in [0.4, 0.5) is 4.79 Å². The highest BCUT2D eigenvalue weighted by molar-refractivity contribution is 7.91. The van der Waals surface area contributed by atoms with E-state index in [1.807, 2.05) is 20.8 Å². The van der Waals surface area contributed by atoms with E-state index < -0.39 is 63.1 Å². The van der Waals surface area contributed by atoms with E-state index >= 15 is 0 Å². The first-order valence-corrected chi connectivity index (χ1v) is 19.3. The zero-order valence-electron chi connectivity index (χ0n) is 29.8. The summed E-state index contributed by atoms with van der Waals surface area (Å²) in [6.45, 7) is 11.5. The van der Waals surface area contributed by atoms with Crippen molar-refractivity contribution < 1.29 is 37.1 Å². The molecule has 3 unspecified atom stereocenters. The van der Waals surface area contributed by atoms with Crippen molar-refractivity contribution in [2.75, 3.05) is 12.4 Å². The Morgan fingerprint density at radius 1 is 0.939 bits per heavy atom. The van der Waals surface area contributed by atoms with Crippen LogP contribution in [0.1, 0.15) is 104 Å². The van der Waals surface area contributed by atoms with Crippen LogP contribution in [0.3, 0.4) is 0 Å². The number of rotatable bonds is 6. The van der Waals surface area contributed by atoms with Crippen molar-refractivity contribution in [3.8, 4) is 0 Å². The minimum absolute atomic E-state index is 0.0201. The normalized spacial score (nSPS) is 26.7. The van der Waals surface area contributed by atoms with Gasteiger partial charge in [0.1, 0.15) is 23.6 Å². The summed E-state index contributed by atoms with van der Waals surface area (Å²) in [6.07, 6.45) is 6.78. The topological polar surface area (TPSA) is 168 Å². The Morgan fingerprint density at radius 3 is 2.10 bits per heavy atom. The third kappa shape index (κ3) is 9.82. The number of nitrogens with zero attached hydrogens (tertiary/aromatic N) is 1. The average molecular weight is 703 g/mol. The number of fused-ring (bicyclic) bond motifs is 3. The molecule has 3 N–H and O–H groups in total. The minimum atomic E-state index is -3.91. The molecule has 13 heteroatoms. The highest BCUT2D eigenvalue weighted by Crippen LogP contribution is 2.65. The molecule has 2 saturated heterocycles. The number of sulfone groups is 1. The van der Waals surface area contributed by atoms with Gasteiger partial charge in [-0.15, -0.1) is 0 Å². The number of carbonyl (C=O) groups is 5. The van der Waals surface area contributed by atoms with Crippen LogP contribution in [-0.2, 0) is 33.8 Å². The summed E-state index contributed by atoms with van der Waals surface area (Å²) in [5.74, 6) is -3.81. The Kier molecular flexibility index (Phi) is 12.2. The second-order valence-electron chi connectivity index (χ2n) is 15.5. The Hall–Kier alpha value is -3.48. The molecular formula is C36H54N4O8S. The molecule has 4 rings (SSSR count). The Labute approximate surface area is 290 Å². The van der Waals surface area contributed by atoms with E-state index in [0.717, 1.165) is 50.5 Å². The molecule has 12 nitrogen and oxygen atoms in total. The molecule has 0 aromatic heterocycles. The molecule has 1 aromatic carbocycles. The molecule has 2 heterocycles.